The van der Waals surface area contributed by atoms with Crippen molar-refractivity contribution in [2.75, 3.05) is 50.9 Å². The molecule has 8 heterocycles. The van der Waals surface area contributed by atoms with E-state index in [2.05, 4.69) is 25.4 Å². The monoisotopic (exact) mass is 680 g/mol. The fourth-order valence-electron chi connectivity index (χ4n) is 8.65. The summed E-state index contributed by atoms with van der Waals surface area (Å²) in [6.45, 7) is 1.99. The van der Waals surface area contributed by atoms with E-state index >= 15 is 4.39 Å². The number of ether oxygens (including phenoxy) is 2. The molecular weight excluding hydrogens is 646 g/mol. The van der Waals surface area contributed by atoms with Gasteiger partial charge in [0.1, 0.15) is 29.8 Å². The van der Waals surface area contributed by atoms with Crippen LogP contribution < -0.4 is 15.0 Å². The number of alkyl halides is 1. The van der Waals surface area contributed by atoms with Crippen LogP contribution in [0.5, 0.6) is 6.01 Å². The second kappa shape index (κ2) is 11.3. The quantitative estimate of drug-likeness (QED) is 0.285. The van der Waals surface area contributed by atoms with Gasteiger partial charge in [-0.2, -0.15) is 15.1 Å². The summed E-state index contributed by atoms with van der Waals surface area (Å²) in [6, 6.07) is 1.32. The van der Waals surface area contributed by atoms with Gasteiger partial charge in [0.25, 0.3) is 0 Å². The number of nitrogens with one attached hydrogen (secondary N) is 2. The molecule has 6 atom stereocenters. The molecule has 1 saturated carbocycles. The van der Waals surface area contributed by atoms with Crippen molar-refractivity contribution < 1.29 is 28.2 Å². The Labute approximate surface area is 279 Å². The lowest BCUT2D eigenvalue weighted by Crippen LogP contribution is -2.43. The van der Waals surface area contributed by atoms with Crippen LogP contribution in [0.1, 0.15) is 43.6 Å². The van der Waals surface area contributed by atoms with Gasteiger partial charge in [-0.3, -0.25) is 15.0 Å². The number of nitrogens with zero attached hydrogens (tertiary/aromatic N) is 6. The number of carbonyl (C=O) groups is 1. The van der Waals surface area contributed by atoms with E-state index in [-0.39, 0.29) is 61.3 Å². The molecular formula is C33H35ClF2N8O4. The Hall–Kier alpha value is -3.88. The van der Waals surface area contributed by atoms with Gasteiger partial charge >= 0.3 is 12.1 Å². The first-order chi connectivity index (χ1) is 23.3. The van der Waals surface area contributed by atoms with Crippen LogP contribution >= 0.6 is 11.6 Å². The molecule has 6 aliphatic rings. The number of fused-ring (bicyclic) bond motifs is 7. The summed E-state index contributed by atoms with van der Waals surface area (Å²) in [6.07, 6.45) is 5.24. The number of hydrogen-bond donors (Lipinski definition) is 3. The van der Waals surface area contributed by atoms with Crippen LogP contribution in [0.15, 0.2) is 18.5 Å². The van der Waals surface area contributed by atoms with E-state index in [0.29, 0.717) is 58.6 Å². The van der Waals surface area contributed by atoms with Gasteiger partial charge in [-0.1, -0.05) is 11.6 Å². The number of benzene rings is 1. The Morgan fingerprint density at radius 2 is 2.10 bits per heavy atom. The number of amides is 1. The zero-order valence-electron chi connectivity index (χ0n) is 26.1. The predicted octanol–water partition coefficient (Wildman–Crippen LogP) is 4.35. The van der Waals surface area contributed by atoms with Crippen LogP contribution in [-0.2, 0) is 4.74 Å². The van der Waals surface area contributed by atoms with Crippen molar-refractivity contribution in [1.29, 1.82) is 0 Å². The van der Waals surface area contributed by atoms with Crippen LogP contribution in [0.2, 0.25) is 5.02 Å². The van der Waals surface area contributed by atoms with Crippen molar-refractivity contribution in [3.63, 3.8) is 0 Å². The Kier molecular flexibility index (Phi) is 7.14. The number of carbonyl (C=O) groups excluding carboxylic acids is 1. The molecule has 252 valence electrons. The molecule has 0 radical (unpaired) electrons. The third-order valence-corrected chi connectivity index (χ3v) is 11.5. The van der Waals surface area contributed by atoms with Crippen molar-refractivity contribution in [3.8, 4) is 17.3 Å². The zero-order chi connectivity index (χ0) is 32.7. The van der Waals surface area contributed by atoms with E-state index in [0.717, 1.165) is 31.4 Å². The maximum absolute atomic E-state index is 17.2. The fraction of sp³-hybridized carbons (Fsp3) is 0.545. The average Bonchev–Trinajstić information content (AvgIpc) is 3.41. The highest BCUT2D eigenvalue weighted by molar-refractivity contribution is 6.33. The van der Waals surface area contributed by atoms with Crippen LogP contribution in [0.25, 0.3) is 33.1 Å². The molecule has 3 aromatic heterocycles. The summed E-state index contributed by atoms with van der Waals surface area (Å²) in [5, 5.41) is 21.9. The van der Waals surface area contributed by atoms with Gasteiger partial charge < -0.3 is 24.8 Å². The number of hydrogen-bond acceptors (Lipinski definition) is 10. The van der Waals surface area contributed by atoms with E-state index in [1.54, 1.807) is 18.5 Å². The van der Waals surface area contributed by atoms with Crippen molar-refractivity contribution in [1.82, 2.24) is 35.4 Å². The van der Waals surface area contributed by atoms with Crippen LogP contribution in [-0.4, -0.2) is 105 Å². The van der Waals surface area contributed by atoms with E-state index in [1.165, 1.54) is 0 Å². The normalized spacial score (nSPS) is 30.0. The molecule has 4 fully saturated rings. The summed E-state index contributed by atoms with van der Waals surface area (Å²) in [7, 11) is 0. The molecule has 3 N–H and O–H groups in total. The van der Waals surface area contributed by atoms with Gasteiger partial charge in [-0.05, 0) is 55.7 Å². The van der Waals surface area contributed by atoms with Crippen molar-refractivity contribution in [3.05, 3.63) is 34.9 Å². The molecule has 5 aliphatic heterocycles. The lowest BCUT2D eigenvalue weighted by molar-refractivity contribution is 0.107. The van der Waals surface area contributed by atoms with Crippen LogP contribution in [0.4, 0.5) is 19.4 Å². The Bertz CT molecular complexity index is 1950. The van der Waals surface area contributed by atoms with E-state index in [4.69, 9.17) is 31.0 Å². The number of aliphatic hydroxyl groups excluding tert-OH is 1. The van der Waals surface area contributed by atoms with E-state index in [1.807, 2.05) is 4.90 Å². The summed E-state index contributed by atoms with van der Waals surface area (Å²) in [5.74, 6) is -0.431. The zero-order valence-corrected chi connectivity index (χ0v) is 26.8. The number of rotatable bonds is 4. The predicted molar refractivity (Wildman–Crippen MR) is 172 cm³/mol. The number of aliphatic hydroxyl groups is 1. The van der Waals surface area contributed by atoms with Gasteiger partial charge in [0.05, 0.1) is 35.3 Å². The van der Waals surface area contributed by atoms with Crippen molar-refractivity contribution >= 4 is 45.3 Å². The Morgan fingerprint density at radius 3 is 2.98 bits per heavy atom. The molecule has 4 aromatic rings. The minimum Gasteiger partial charge on any atom is -0.461 e. The molecule has 1 aromatic carbocycles. The molecule has 12 nitrogen and oxygen atoms in total. The molecule has 10 rings (SSSR count). The minimum absolute atomic E-state index is 0.00569. The van der Waals surface area contributed by atoms with Crippen LogP contribution in [0.3, 0.4) is 0 Å². The van der Waals surface area contributed by atoms with Crippen molar-refractivity contribution in [2.24, 2.45) is 11.8 Å². The first-order valence-corrected chi connectivity index (χ1v) is 17.0. The lowest BCUT2D eigenvalue weighted by Gasteiger charge is -2.31. The first kappa shape index (κ1) is 30.2. The van der Waals surface area contributed by atoms with Gasteiger partial charge in [-0.25, -0.2) is 13.6 Å². The number of pyridine rings is 1. The SMILES string of the molecule is O=C1N[C@H]2CN(C[C@H]2CO)c2nc(OC[C@@]34CCCN3C[C@H](F)C4)nc3c(F)c(ncc23)-c2c(c(Cl)cc3[nH]ncc23)[C@H]2C[C@H]2CCO1. The summed E-state index contributed by atoms with van der Waals surface area (Å²) >= 11 is 6.90. The third kappa shape index (κ3) is 4.85. The maximum atomic E-state index is 17.2. The molecule has 15 heteroatoms. The number of alkyl carbamates (subject to hydrolysis) is 1. The third-order valence-electron chi connectivity index (χ3n) is 11.1. The minimum atomic E-state index is -0.932. The number of H-pyrrole nitrogens is 1. The van der Waals surface area contributed by atoms with Crippen LogP contribution in [0, 0.1) is 17.7 Å². The second-order valence-corrected chi connectivity index (χ2v) is 14.4. The summed E-state index contributed by atoms with van der Waals surface area (Å²) in [4.78, 5) is 31.0. The molecule has 48 heavy (non-hydrogen) atoms. The van der Waals surface area contributed by atoms with Gasteiger partial charge in [-0.15, -0.1) is 0 Å². The number of aromatic amines is 1. The van der Waals surface area contributed by atoms with Gasteiger partial charge in [0, 0.05) is 60.7 Å². The smallest absolute Gasteiger partial charge is 0.407 e. The molecule has 0 unspecified atom stereocenters. The van der Waals surface area contributed by atoms with Gasteiger partial charge in [0.2, 0.25) is 0 Å². The molecule has 1 aliphatic carbocycles. The second-order valence-electron chi connectivity index (χ2n) is 14.0. The topological polar surface area (TPSA) is 142 Å². The lowest BCUT2D eigenvalue weighted by atomic mass is 9.94. The number of halogens is 3. The Balaban J connectivity index is 1.21. The highest BCUT2D eigenvalue weighted by Gasteiger charge is 2.49. The maximum Gasteiger partial charge on any atom is 0.407 e. The number of anilines is 1. The average molecular weight is 681 g/mol. The number of aromatic nitrogens is 5. The molecule has 6 bridgehead atoms. The molecule has 1 amide bonds. The molecule has 3 saturated heterocycles. The largest absolute Gasteiger partial charge is 0.461 e. The highest BCUT2D eigenvalue weighted by atomic mass is 35.5. The van der Waals surface area contributed by atoms with E-state index in [9.17, 15) is 14.3 Å². The van der Waals surface area contributed by atoms with E-state index < -0.39 is 29.7 Å². The first-order valence-electron chi connectivity index (χ1n) is 16.6. The van der Waals surface area contributed by atoms with Gasteiger partial charge in [0.15, 0.2) is 5.82 Å². The highest BCUT2D eigenvalue weighted by Crippen LogP contribution is 2.56. The summed E-state index contributed by atoms with van der Waals surface area (Å²) in [5.41, 5.74) is 1.63. The standard InChI is InChI=1S/C33H35ClF2N8O4/c34-22-7-23-20(10-38-42-23)26-25(22)19-6-16(19)2-5-47-32(46)39-24-13-43(11-17(24)14-45)30-21-9-37-29(26)27(36)28(21)40-31(41-30)48-15-33-3-1-4-44(33)12-18(35)8-33/h7,9-10,16-19,24,45H,1-6,8,11-15H2,(H,38,42)(H,39,46)/t16-,17+,18-,19+,24+,33+/m1/s1. The molecule has 0 spiro atoms. The van der Waals surface area contributed by atoms with Crippen molar-refractivity contribution in [2.45, 2.75) is 55.8 Å². The fourth-order valence-corrected chi connectivity index (χ4v) is 8.99. The summed E-state index contributed by atoms with van der Waals surface area (Å²) < 4.78 is 43.5. The Morgan fingerprint density at radius 1 is 1.21 bits per heavy atom.